The Labute approximate surface area is 230 Å². The van der Waals surface area contributed by atoms with Crippen LogP contribution in [-0.2, 0) is 20.7 Å². The monoisotopic (exact) mass is 534 g/mol. The van der Waals surface area contributed by atoms with Gasteiger partial charge >= 0.3 is 0 Å². The van der Waals surface area contributed by atoms with Crippen LogP contribution in [0.15, 0.2) is 48.0 Å². The van der Waals surface area contributed by atoms with Gasteiger partial charge in [0.2, 0.25) is 0 Å². The SMILES string of the molecule is CCCCOc1cccc([C@H]2C(=C(O)c3ccc4c(c3)C[C@H](C)O4)C(=O)C(=O)N2CCCN2CCOCC2)c1. The van der Waals surface area contributed by atoms with Crippen molar-refractivity contribution in [1.29, 1.82) is 0 Å². The summed E-state index contributed by atoms with van der Waals surface area (Å²) in [4.78, 5) is 30.8. The van der Waals surface area contributed by atoms with Gasteiger partial charge in [0.1, 0.15) is 23.4 Å². The van der Waals surface area contributed by atoms with Gasteiger partial charge in [-0.3, -0.25) is 14.5 Å². The lowest BCUT2D eigenvalue weighted by molar-refractivity contribution is -0.140. The molecule has 3 aliphatic heterocycles. The lowest BCUT2D eigenvalue weighted by Crippen LogP contribution is -2.38. The standard InChI is InChI=1S/C31H38N2O6/c1-3-4-15-38-25-8-5-7-22(20-25)28-27(29(34)23-9-10-26-24(19-23)18-21(2)39-26)30(35)31(36)33(28)12-6-11-32-13-16-37-17-14-32/h5,7-10,19-21,28,34H,3-4,6,11-18H2,1-2H3/t21-,28-/m0/s1. The van der Waals surface area contributed by atoms with Crippen LogP contribution in [0.4, 0.5) is 0 Å². The first-order chi connectivity index (χ1) is 19.0. The summed E-state index contributed by atoms with van der Waals surface area (Å²) >= 11 is 0. The summed E-state index contributed by atoms with van der Waals surface area (Å²) in [6.45, 7) is 9.05. The van der Waals surface area contributed by atoms with Crippen molar-refractivity contribution in [3.05, 3.63) is 64.7 Å². The summed E-state index contributed by atoms with van der Waals surface area (Å²) in [6.07, 6.45) is 3.46. The lowest BCUT2D eigenvalue weighted by atomic mass is 9.94. The average molecular weight is 535 g/mol. The Bertz CT molecular complexity index is 1240. The van der Waals surface area contributed by atoms with E-state index in [0.717, 1.165) is 55.8 Å². The van der Waals surface area contributed by atoms with Crippen LogP contribution in [0.5, 0.6) is 11.5 Å². The van der Waals surface area contributed by atoms with E-state index < -0.39 is 17.7 Å². The van der Waals surface area contributed by atoms with Gasteiger partial charge in [-0.25, -0.2) is 0 Å². The molecular formula is C31H38N2O6. The Morgan fingerprint density at radius 1 is 1.08 bits per heavy atom. The zero-order valence-electron chi connectivity index (χ0n) is 22.9. The third kappa shape index (κ3) is 5.97. The van der Waals surface area contributed by atoms with E-state index >= 15 is 0 Å². The van der Waals surface area contributed by atoms with Gasteiger partial charge in [0, 0.05) is 38.2 Å². The molecule has 0 aromatic heterocycles. The molecule has 0 radical (unpaired) electrons. The van der Waals surface area contributed by atoms with Crippen LogP contribution >= 0.6 is 0 Å². The number of likely N-dealkylation sites (tertiary alicyclic amines) is 1. The van der Waals surface area contributed by atoms with Gasteiger partial charge in [0.15, 0.2) is 0 Å². The smallest absolute Gasteiger partial charge is 0.295 e. The second-order valence-electron chi connectivity index (χ2n) is 10.5. The van der Waals surface area contributed by atoms with Crippen molar-refractivity contribution in [2.75, 3.05) is 46.0 Å². The van der Waals surface area contributed by atoms with E-state index in [0.29, 0.717) is 44.1 Å². The molecule has 2 aromatic rings. The summed E-state index contributed by atoms with van der Waals surface area (Å²) < 4.78 is 17.2. The van der Waals surface area contributed by atoms with Crippen molar-refractivity contribution in [2.24, 2.45) is 0 Å². The molecule has 2 atom stereocenters. The molecule has 2 aromatic carbocycles. The number of morpholine rings is 1. The Hall–Kier alpha value is -3.36. The number of rotatable bonds is 10. The minimum Gasteiger partial charge on any atom is -0.507 e. The molecule has 2 saturated heterocycles. The number of hydrogen-bond acceptors (Lipinski definition) is 7. The van der Waals surface area contributed by atoms with Gasteiger partial charge in [-0.1, -0.05) is 25.5 Å². The molecule has 39 heavy (non-hydrogen) atoms. The summed E-state index contributed by atoms with van der Waals surface area (Å²) in [5.41, 5.74) is 2.35. The van der Waals surface area contributed by atoms with Gasteiger partial charge in [-0.05, 0) is 61.2 Å². The topological polar surface area (TPSA) is 88.5 Å². The maximum Gasteiger partial charge on any atom is 0.295 e. The van der Waals surface area contributed by atoms with Crippen molar-refractivity contribution in [2.45, 2.75) is 51.7 Å². The highest BCUT2D eigenvalue weighted by atomic mass is 16.5. The predicted molar refractivity (Wildman–Crippen MR) is 148 cm³/mol. The minimum atomic E-state index is -0.701. The molecule has 5 rings (SSSR count). The fourth-order valence-electron chi connectivity index (χ4n) is 5.58. The number of carbonyl (C=O) groups is 2. The Balaban J connectivity index is 1.48. The maximum atomic E-state index is 13.5. The highest BCUT2D eigenvalue weighted by Gasteiger charge is 2.46. The second kappa shape index (κ2) is 12.2. The quantitative estimate of drug-likeness (QED) is 0.210. The molecular weight excluding hydrogens is 496 g/mol. The normalized spacial score (nSPS) is 22.7. The molecule has 3 heterocycles. The Morgan fingerprint density at radius 3 is 2.69 bits per heavy atom. The van der Waals surface area contributed by atoms with Crippen LogP contribution in [0.3, 0.4) is 0 Å². The van der Waals surface area contributed by atoms with E-state index in [4.69, 9.17) is 14.2 Å². The average Bonchev–Trinajstić information content (AvgIpc) is 3.44. The number of benzene rings is 2. The predicted octanol–water partition coefficient (Wildman–Crippen LogP) is 4.33. The van der Waals surface area contributed by atoms with Crippen molar-refractivity contribution in [3.63, 3.8) is 0 Å². The fourth-order valence-corrected chi connectivity index (χ4v) is 5.58. The fraction of sp³-hybridized carbons (Fsp3) is 0.484. The van der Waals surface area contributed by atoms with E-state index in [1.54, 1.807) is 11.0 Å². The number of ketones is 1. The largest absolute Gasteiger partial charge is 0.507 e. The van der Waals surface area contributed by atoms with Crippen molar-refractivity contribution in [1.82, 2.24) is 9.80 Å². The van der Waals surface area contributed by atoms with Crippen LogP contribution in [0.1, 0.15) is 55.8 Å². The lowest BCUT2D eigenvalue weighted by Gasteiger charge is -2.29. The molecule has 0 unspecified atom stereocenters. The summed E-state index contributed by atoms with van der Waals surface area (Å²) in [5.74, 6) is 0.0681. The molecule has 8 nitrogen and oxygen atoms in total. The number of hydrogen-bond donors (Lipinski definition) is 1. The van der Waals surface area contributed by atoms with Gasteiger partial charge in [0.05, 0.1) is 31.4 Å². The summed E-state index contributed by atoms with van der Waals surface area (Å²) in [5, 5.41) is 11.5. The third-order valence-electron chi connectivity index (χ3n) is 7.63. The maximum absolute atomic E-state index is 13.5. The number of fused-ring (bicyclic) bond motifs is 1. The number of ether oxygens (including phenoxy) is 3. The first kappa shape index (κ1) is 27.2. The zero-order chi connectivity index (χ0) is 27.4. The molecule has 0 aliphatic carbocycles. The number of nitrogens with zero attached hydrogens (tertiary/aromatic N) is 2. The molecule has 3 aliphatic rings. The highest BCUT2D eigenvalue weighted by Crippen LogP contribution is 2.41. The van der Waals surface area contributed by atoms with Gasteiger partial charge in [0.25, 0.3) is 11.7 Å². The Kier molecular flexibility index (Phi) is 8.53. The number of Topliss-reactive ketones (excluding diaryl/α,β-unsaturated/α-hetero) is 1. The minimum absolute atomic E-state index is 0.0601. The van der Waals surface area contributed by atoms with Crippen LogP contribution in [0.2, 0.25) is 0 Å². The van der Waals surface area contributed by atoms with Crippen molar-refractivity contribution in [3.8, 4) is 11.5 Å². The van der Waals surface area contributed by atoms with E-state index in [1.165, 1.54) is 0 Å². The molecule has 8 heteroatoms. The van der Waals surface area contributed by atoms with Crippen LogP contribution in [-0.4, -0.2) is 78.7 Å². The van der Waals surface area contributed by atoms with Crippen LogP contribution < -0.4 is 9.47 Å². The zero-order valence-corrected chi connectivity index (χ0v) is 22.9. The van der Waals surface area contributed by atoms with E-state index in [1.807, 2.05) is 43.3 Å². The molecule has 0 spiro atoms. The molecule has 1 N–H and O–H groups in total. The molecule has 208 valence electrons. The van der Waals surface area contributed by atoms with Gasteiger partial charge in [-0.2, -0.15) is 0 Å². The third-order valence-corrected chi connectivity index (χ3v) is 7.63. The molecule has 0 saturated carbocycles. The van der Waals surface area contributed by atoms with E-state index in [9.17, 15) is 14.7 Å². The van der Waals surface area contributed by atoms with Crippen LogP contribution in [0.25, 0.3) is 5.76 Å². The molecule has 1 amide bonds. The summed E-state index contributed by atoms with van der Waals surface area (Å²) in [6, 6.07) is 12.3. The number of aliphatic hydroxyl groups is 1. The first-order valence-corrected chi connectivity index (χ1v) is 14.1. The number of amides is 1. The molecule has 0 bridgehead atoms. The van der Waals surface area contributed by atoms with Crippen molar-refractivity contribution >= 4 is 17.4 Å². The van der Waals surface area contributed by atoms with Gasteiger partial charge < -0.3 is 24.2 Å². The first-order valence-electron chi connectivity index (χ1n) is 14.1. The Morgan fingerprint density at radius 2 is 1.90 bits per heavy atom. The summed E-state index contributed by atoms with van der Waals surface area (Å²) in [7, 11) is 0. The highest BCUT2D eigenvalue weighted by molar-refractivity contribution is 6.46. The van der Waals surface area contributed by atoms with E-state index in [-0.39, 0.29) is 17.4 Å². The van der Waals surface area contributed by atoms with E-state index in [2.05, 4.69) is 11.8 Å². The number of aliphatic hydroxyl groups excluding tert-OH is 1. The van der Waals surface area contributed by atoms with Gasteiger partial charge in [-0.15, -0.1) is 0 Å². The molecule has 2 fully saturated rings. The van der Waals surface area contributed by atoms with Crippen molar-refractivity contribution < 1.29 is 28.9 Å². The number of unbranched alkanes of at least 4 members (excludes halogenated alkanes) is 1. The number of carbonyl (C=O) groups excluding carboxylic acids is 2. The van der Waals surface area contributed by atoms with Crippen LogP contribution in [0, 0.1) is 0 Å². The second-order valence-corrected chi connectivity index (χ2v) is 10.5.